The van der Waals surface area contributed by atoms with Crippen LogP contribution in [0.1, 0.15) is 13.8 Å². The molecule has 0 spiro atoms. The van der Waals surface area contributed by atoms with Crippen molar-refractivity contribution in [2.75, 3.05) is 7.11 Å². The molecule has 1 aliphatic heterocycles. The Kier molecular flexibility index (Phi) is 3.22. The average molecular weight is 236 g/mol. The van der Waals surface area contributed by atoms with Crippen molar-refractivity contribution in [1.82, 2.24) is 0 Å². The number of esters is 1. The summed E-state index contributed by atoms with van der Waals surface area (Å²) in [5.41, 5.74) is 0. The Morgan fingerprint density at radius 3 is 2.35 bits per heavy atom. The van der Waals surface area contributed by atoms with Crippen molar-refractivity contribution in [2.24, 2.45) is 5.92 Å². The van der Waals surface area contributed by atoms with E-state index < -0.39 is 12.1 Å². The van der Waals surface area contributed by atoms with Crippen LogP contribution in [0.3, 0.4) is 0 Å². The topological polar surface area (TPSA) is 44.8 Å². The lowest BCUT2D eigenvalue weighted by Crippen LogP contribution is -2.48. The Balaban J connectivity index is 2.31. The molecular weight excluding hydrogens is 220 g/mol. The number of hydrogen-bond acceptors (Lipinski definition) is 4. The second-order valence-electron chi connectivity index (χ2n) is 4.33. The fourth-order valence-electron chi connectivity index (χ4n) is 1.84. The van der Waals surface area contributed by atoms with Crippen molar-refractivity contribution in [2.45, 2.75) is 26.1 Å². The van der Waals surface area contributed by atoms with Crippen molar-refractivity contribution in [1.29, 1.82) is 0 Å². The van der Waals surface area contributed by atoms with Crippen molar-refractivity contribution in [3.05, 3.63) is 24.3 Å². The summed E-state index contributed by atoms with van der Waals surface area (Å²) in [5.74, 6) is 1.01. The van der Waals surface area contributed by atoms with Crippen LogP contribution >= 0.6 is 0 Å². The van der Waals surface area contributed by atoms with Gasteiger partial charge in [0, 0.05) is 0 Å². The number of hydrogen-bond donors (Lipinski definition) is 0. The van der Waals surface area contributed by atoms with E-state index in [1.54, 1.807) is 6.07 Å². The molecule has 0 aromatic heterocycles. The van der Waals surface area contributed by atoms with Crippen molar-refractivity contribution < 1.29 is 19.0 Å². The van der Waals surface area contributed by atoms with Crippen molar-refractivity contribution >= 4 is 5.97 Å². The molecule has 2 rings (SSSR count). The molecule has 1 heterocycles. The van der Waals surface area contributed by atoms with Gasteiger partial charge in [0.05, 0.1) is 7.11 Å². The SMILES string of the molecule is COC(=O)[C@H]1Oc2ccccc2O[C@@H]1C(C)C. The van der Waals surface area contributed by atoms with Gasteiger partial charge in [0.2, 0.25) is 6.10 Å². The second kappa shape index (κ2) is 4.65. The van der Waals surface area contributed by atoms with E-state index in [4.69, 9.17) is 14.2 Å². The normalized spacial score (nSPS) is 22.4. The lowest BCUT2D eigenvalue weighted by Gasteiger charge is -2.34. The van der Waals surface area contributed by atoms with Crippen LogP contribution in [0.2, 0.25) is 0 Å². The number of ether oxygens (including phenoxy) is 3. The maximum Gasteiger partial charge on any atom is 0.351 e. The first-order chi connectivity index (χ1) is 8.13. The van der Waals surface area contributed by atoms with E-state index in [-0.39, 0.29) is 12.0 Å². The van der Waals surface area contributed by atoms with Crippen LogP contribution in [0.4, 0.5) is 0 Å². The van der Waals surface area contributed by atoms with Gasteiger partial charge in [0.25, 0.3) is 0 Å². The van der Waals surface area contributed by atoms with Crippen LogP contribution in [0.25, 0.3) is 0 Å². The lowest BCUT2D eigenvalue weighted by atomic mass is 10.00. The molecule has 0 amide bonds. The van der Waals surface area contributed by atoms with E-state index in [0.29, 0.717) is 11.5 Å². The molecule has 0 unspecified atom stereocenters. The van der Waals surface area contributed by atoms with Gasteiger partial charge < -0.3 is 14.2 Å². The first kappa shape index (κ1) is 11.8. The summed E-state index contributed by atoms with van der Waals surface area (Å²) in [4.78, 5) is 11.7. The molecule has 0 bridgehead atoms. The van der Waals surface area contributed by atoms with Gasteiger partial charge in [-0.25, -0.2) is 4.79 Å². The minimum Gasteiger partial charge on any atom is -0.482 e. The molecule has 0 radical (unpaired) electrons. The summed E-state index contributed by atoms with van der Waals surface area (Å²) >= 11 is 0. The Morgan fingerprint density at radius 2 is 1.82 bits per heavy atom. The van der Waals surface area contributed by atoms with Crippen LogP contribution in [0.15, 0.2) is 24.3 Å². The maximum absolute atomic E-state index is 11.7. The standard InChI is InChI=1S/C13H16O4/c1-8(2)11-12(13(14)15-3)17-10-7-5-4-6-9(10)16-11/h4-8,11-12H,1-3H3/t11-,12+/m1/s1. The lowest BCUT2D eigenvalue weighted by molar-refractivity contribution is -0.157. The predicted octanol–water partition coefficient (Wildman–Crippen LogP) is 2.02. The highest BCUT2D eigenvalue weighted by atomic mass is 16.6. The number of para-hydroxylation sites is 2. The van der Waals surface area contributed by atoms with E-state index in [2.05, 4.69) is 0 Å². The molecule has 0 aliphatic carbocycles. The summed E-state index contributed by atoms with van der Waals surface area (Å²) in [6, 6.07) is 7.32. The molecule has 4 heteroatoms. The number of carbonyl (C=O) groups excluding carboxylic acids is 1. The van der Waals surface area contributed by atoms with Crippen LogP contribution in [0.5, 0.6) is 11.5 Å². The van der Waals surface area contributed by atoms with E-state index in [0.717, 1.165) is 0 Å². The first-order valence-corrected chi connectivity index (χ1v) is 5.63. The average Bonchev–Trinajstić information content (AvgIpc) is 2.36. The number of rotatable bonds is 2. The highest BCUT2D eigenvalue weighted by molar-refractivity contribution is 5.76. The van der Waals surface area contributed by atoms with Crippen molar-refractivity contribution in [3.8, 4) is 11.5 Å². The summed E-state index contributed by atoms with van der Waals surface area (Å²) in [6.07, 6.45) is -1.02. The summed E-state index contributed by atoms with van der Waals surface area (Å²) in [7, 11) is 1.35. The zero-order valence-corrected chi connectivity index (χ0v) is 10.2. The largest absolute Gasteiger partial charge is 0.482 e. The quantitative estimate of drug-likeness (QED) is 0.737. The molecule has 0 saturated carbocycles. The smallest absolute Gasteiger partial charge is 0.351 e. The van der Waals surface area contributed by atoms with Gasteiger partial charge in [-0.3, -0.25) is 0 Å². The molecule has 1 aliphatic rings. The predicted molar refractivity (Wildman–Crippen MR) is 62.1 cm³/mol. The van der Waals surface area contributed by atoms with Gasteiger partial charge in [-0.05, 0) is 18.1 Å². The monoisotopic (exact) mass is 236 g/mol. The molecule has 92 valence electrons. The van der Waals surface area contributed by atoms with Gasteiger partial charge >= 0.3 is 5.97 Å². The zero-order valence-electron chi connectivity index (χ0n) is 10.2. The summed E-state index contributed by atoms with van der Waals surface area (Å²) in [5, 5.41) is 0. The number of benzene rings is 1. The molecule has 4 nitrogen and oxygen atoms in total. The fourth-order valence-corrected chi connectivity index (χ4v) is 1.84. The minimum absolute atomic E-state index is 0.160. The summed E-state index contributed by atoms with van der Waals surface area (Å²) < 4.78 is 16.2. The Labute approximate surface area is 100 Å². The van der Waals surface area contributed by atoms with E-state index in [1.165, 1.54) is 7.11 Å². The van der Waals surface area contributed by atoms with Crippen LogP contribution in [-0.2, 0) is 9.53 Å². The van der Waals surface area contributed by atoms with Gasteiger partial charge in [0.15, 0.2) is 11.5 Å². The molecule has 1 aromatic carbocycles. The first-order valence-electron chi connectivity index (χ1n) is 5.63. The number of fused-ring (bicyclic) bond motifs is 1. The van der Waals surface area contributed by atoms with Gasteiger partial charge in [0.1, 0.15) is 6.10 Å². The number of methoxy groups -OCH3 is 1. The van der Waals surface area contributed by atoms with Crippen LogP contribution in [-0.4, -0.2) is 25.3 Å². The fraction of sp³-hybridized carbons (Fsp3) is 0.462. The van der Waals surface area contributed by atoms with Gasteiger partial charge in [-0.2, -0.15) is 0 Å². The van der Waals surface area contributed by atoms with E-state index in [1.807, 2.05) is 32.0 Å². The van der Waals surface area contributed by atoms with Crippen LogP contribution in [0, 0.1) is 5.92 Å². The highest BCUT2D eigenvalue weighted by Crippen LogP contribution is 2.35. The van der Waals surface area contributed by atoms with E-state index >= 15 is 0 Å². The third-order valence-electron chi connectivity index (χ3n) is 2.76. The Morgan fingerprint density at radius 1 is 1.24 bits per heavy atom. The third kappa shape index (κ3) is 2.20. The van der Waals surface area contributed by atoms with Crippen molar-refractivity contribution in [3.63, 3.8) is 0 Å². The molecular formula is C13H16O4. The maximum atomic E-state index is 11.7. The minimum atomic E-state index is -0.699. The Hall–Kier alpha value is -1.71. The van der Waals surface area contributed by atoms with E-state index in [9.17, 15) is 4.79 Å². The molecule has 2 atom stereocenters. The molecule has 0 saturated heterocycles. The Bertz CT molecular complexity index is 414. The summed E-state index contributed by atoms with van der Waals surface area (Å²) in [6.45, 7) is 3.97. The molecule has 0 fully saturated rings. The van der Waals surface area contributed by atoms with Crippen LogP contribution < -0.4 is 9.47 Å². The molecule has 0 N–H and O–H groups in total. The zero-order chi connectivity index (χ0) is 12.4. The van der Waals surface area contributed by atoms with Gasteiger partial charge in [-0.15, -0.1) is 0 Å². The molecule has 1 aromatic rings. The highest BCUT2D eigenvalue weighted by Gasteiger charge is 2.39. The van der Waals surface area contributed by atoms with Gasteiger partial charge in [-0.1, -0.05) is 26.0 Å². The molecule has 17 heavy (non-hydrogen) atoms. The third-order valence-corrected chi connectivity index (χ3v) is 2.76. The number of carbonyl (C=O) groups is 1. The second-order valence-corrected chi connectivity index (χ2v) is 4.33.